The number of aliphatic hydroxyl groups is 1. The van der Waals surface area contributed by atoms with E-state index in [1.54, 1.807) is 0 Å². The van der Waals surface area contributed by atoms with Crippen molar-refractivity contribution in [2.75, 3.05) is 19.8 Å². The van der Waals surface area contributed by atoms with Crippen LogP contribution >= 0.6 is 0 Å². The molecule has 0 radical (unpaired) electrons. The van der Waals surface area contributed by atoms with Crippen molar-refractivity contribution in [3.05, 3.63) is 23.8 Å². The van der Waals surface area contributed by atoms with Gasteiger partial charge in [0.2, 0.25) is 0 Å². The zero-order chi connectivity index (χ0) is 12.4. The van der Waals surface area contributed by atoms with E-state index < -0.39 is 6.10 Å². The SMILES string of the molecule is OC(CNC1CCC1)c1ccc2c(c1)OCCO2. The van der Waals surface area contributed by atoms with Crippen molar-refractivity contribution in [2.24, 2.45) is 0 Å². The first kappa shape index (κ1) is 11.8. The van der Waals surface area contributed by atoms with E-state index in [0.717, 1.165) is 17.1 Å². The fourth-order valence-electron chi connectivity index (χ4n) is 2.28. The van der Waals surface area contributed by atoms with Gasteiger partial charge in [0.1, 0.15) is 13.2 Å². The summed E-state index contributed by atoms with van der Waals surface area (Å²) >= 11 is 0. The summed E-state index contributed by atoms with van der Waals surface area (Å²) in [4.78, 5) is 0. The van der Waals surface area contributed by atoms with Crippen molar-refractivity contribution in [1.29, 1.82) is 0 Å². The maximum atomic E-state index is 10.1. The highest BCUT2D eigenvalue weighted by atomic mass is 16.6. The van der Waals surface area contributed by atoms with Gasteiger partial charge in [0, 0.05) is 12.6 Å². The average molecular weight is 249 g/mol. The third kappa shape index (κ3) is 2.44. The van der Waals surface area contributed by atoms with Crippen molar-refractivity contribution in [1.82, 2.24) is 5.32 Å². The largest absolute Gasteiger partial charge is 0.486 e. The molecule has 18 heavy (non-hydrogen) atoms. The lowest BCUT2D eigenvalue weighted by Crippen LogP contribution is -2.37. The van der Waals surface area contributed by atoms with Gasteiger partial charge < -0.3 is 19.9 Å². The highest BCUT2D eigenvalue weighted by Crippen LogP contribution is 2.32. The molecule has 2 aliphatic rings. The molecule has 1 heterocycles. The van der Waals surface area contributed by atoms with Gasteiger partial charge in [0.25, 0.3) is 0 Å². The normalized spacial score (nSPS) is 20.3. The zero-order valence-corrected chi connectivity index (χ0v) is 10.4. The minimum absolute atomic E-state index is 0.485. The number of fused-ring (bicyclic) bond motifs is 1. The summed E-state index contributed by atoms with van der Waals surface area (Å²) in [5.74, 6) is 1.51. The number of rotatable bonds is 4. The molecule has 3 rings (SSSR count). The highest BCUT2D eigenvalue weighted by molar-refractivity contribution is 5.44. The summed E-state index contributed by atoms with van der Waals surface area (Å²) in [7, 11) is 0. The zero-order valence-electron chi connectivity index (χ0n) is 10.4. The summed E-state index contributed by atoms with van der Waals surface area (Å²) in [5, 5.41) is 13.5. The van der Waals surface area contributed by atoms with Gasteiger partial charge >= 0.3 is 0 Å². The van der Waals surface area contributed by atoms with Crippen LogP contribution in [0.15, 0.2) is 18.2 Å². The van der Waals surface area contributed by atoms with Crippen LogP contribution in [-0.2, 0) is 0 Å². The van der Waals surface area contributed by atoms with Crippen LogP contribution in [0.2, 0.25) is 0 Å². The van der Waals surface area contributed by atoms with Crippen molar-refractivity contribution >= 4 is 0 Å². The lowest BCUT2D eigenvalue weighted by atomic mass is 9.93. The van der Waals surface area contributed by atoms with Crippen LogP contribution in [0.25, 0.3) is 0 Å². The van der Waals surface area contributed by atoms with E-state index in [0.29, 0.717) is 25.8 Å². The minimum Gasteiger partial charge on any atom is -0.486 e. The molecule has 0 saturated heterocycles. The Morgan fingerprint density at radius 2 is 2.00 bits per heavy atom. The van der Waals surface area contributed by atoms with Crippen molar-refractivity contribution in [2.45, 2.75) is 31.4 Å². The molecular weight excluding hydrogens is 230 g/mol. The number of aliphatic hydroxyl groups excluding tert-OH is 1. The van der Waals surface area contributed by atoms with E-state index in [-0.39, 0.29) is 0 Å². The molecule has 0 aromatic heterocycles. The molecule has 1 unspecified atom stereocenters. The molecule has 4 nitrogen and oxygen atoms in total. The lowest BCUT2D eigenvalue weighted by molar-refractivity contribution is 0.156. The molecule has 1 aromatic rings. The Hall–Kier alpha value is -1.26. The summed E-state index contributed by atoms with van der Waals surface area (Å²) in [6, 6.07) is 6.25. The standard InChI is InChI=1S/C14H19NO3/c16-12(9-15-11-2-1-3-11)10-4-5-13-14(8-10)18-7-6-17-13/h4-5,8,11-12,15-16H,1-3,6-7,9H2. The number of hydrogen-bond acceptors (Lipinski definition) is 4. The van der Waals surface area contributed by atoms with E-state index in [1.165, 1.54) is 19.3 Å². The van der Waals surface area contributed by atoms with E-state index >= 15 is 0 Å². The predicted molar refractivity (Wildman–Crippen MR) is 68.0 cm³/mol. The van der Waals surface area contributed by atoms with Gasteiger partial charge in [-0.25, -0.2) is 0 Å². The van der Waals surface area contributed by atoms with Crippen LogP contribution in [0, 0.1) is 0 Å². The number of ether oxygens (including phenoxy) is 2. The quantitative estimate of drug-likeness (QED) is 0.851. The Labute approximate surface area is 107 Å². The molecule has 1 atom stereocenters. The van der Waals surface area contributed by atoms with Crippen LogP contribution < -0.4 is 14.8 Å². The number of benzene rings is 1. The Balaban J connectivity index is 1.63. The van der Waals surface area contributed by atoms with Gasteiger partial charge in [0.05, 0.1) is 6.10 Å². The number of hydrogen-bond donors (Lipinski definition) is 2. The second-order valence-corrected chi connectivity index (χ2v) is 4.95. The maximum Gasteiger partial charge on any atom is 0.161 e. The molecule has 4 heteroatoms. The fraction of sp³-hybridized carbons (Fsp3) is 0.571. The lowest BCUT2D eigenvalue weighted by Gasteiger charge is -2.28. The molecule has 1 aliphatic carbocycles. The minimum atomic E-state index is -0.485. The van der Waals surface area contributed by atoms with Crippen molar-refractivity contribution in [3.63, 3.8) is 0 Å². The molecule has 0 bridgehead atoms. The van der Waals surface area contributed by atoms with Gasteiger partial charge in [0.15, 0.2) is 11.5 Å². The van der Waals surface area contributed by atoms with Crippen molar-refractivity contribution < 1.29 is 14.6 Å². The number of nitrogens with one attached hydrogen (secondary N) is 1. The smallest absolute Gasteiger partial charge is 0.161 e. The van der Waals surface area contributed by atoms with Crippen molar-refractivity contribution in [3.8, 4) is 11.5 Å². The first-order chi connectivity index (χ1) is 8.83. The van der Waals surface area contributed by atoms with Gasteiger partial charge in [-0.2, -0.15) is 0 Å². The van der Waals surface area contributed by atoms with Crippen LogP contribution in [0.5, 0.6) is 11.5 Å². The molecule has 2 N–H and O–H groups in total. The maximum absolute atomic E-state index is 10.1. The third-order valence-corrected chi connectivity index (χ3v) is 3.66. The van der Waals surface area contributed by atoms with E-state index in [2.05, 4.69) is 5.32 Å². The first-order valence-corrected chi connectivity index (χ1v) is 6.64. The Kier molecular flexibility index (Phi) is 3.39. The molecule has 1 saturated carbocycles. The van der Waals surface area contributed by atoms with E-state index in [4.69, 9.17) is 9.47 Å². The molecule has 1 fully saturated rings. The van der Waals surface area contributed by atoms with Crippen LogP contribution in [0.3, 0.4) is 0 Å². The summed E-state index contributed by atoms with van der Waals surface area (Å²) in [6.45, 7) is 1.77. The van der Waals surface area contributed by atoms with Gasteiger partial charge in [-0.05, 0) is 30.5 Å². The fourth-order valence-corrected chi connectivity index (χ4v) is 2.28. The van der Waals surface area contributed by atoms with Crippen LogP contribution in [0.1, 0.15) is 30.9 Å². The molecule has 0 spiro atoms. The third-order valence-electron chi connectivity index (χ3n) is 3.66. The van der Waals surface area contributed by atoms with Crippen LogP contribution in [0.4, 0.5) is 0 Å². The van der Waals surface area contributed by atoms with E-state index in [1.807, 2.05) is 18.2 Å². The summed E-state index contributed by atoms with van der Waals surface area (Å²) in [6.07, 6.45) is 3.28. The second kappa shape index (κ2) is 5.16. The highest BCUT2D eigenvalue weighted by Gasteiger charge is 2.19. The van der Waals surface area contributed by atoms with E-state index in [9.17, 15) is 5.11 Å². The van der Waals surface area contributed by atoms with Gasteiger partial charge in [-0.15, -0.1) is 0 Å². The molecule has 1 aliphatic heterocycles. The Bertz CT molecular complexity index is 418. The average Bonchev–Trinajstić information content (AvgIpc) is 2.36. The predicted octanol–water partition coefficient (Wildman–Crippen LogP) is 1.63. The summed E-state index contributed by atoms with van der Waals surface area (Å²) < 4.78 is 11.0. The van der Waals surface area contributed by atoms with Gasteiger partial charge in [-0.3, -0.25) is 0 Å². The molecule has 98 valence electrons. The molecular formula is C14H19NO3. The monoisotopic (exact) mass is 249 g/mol. The Morgan fingerprint density at radius 1 is 1.22 bits per heavy atom. The first-order valence-electron chi connectivity index (χ1n) is 6.64. The Morgan fingerprint density at radius 3 is 2.72 bits per heavy atom. The summed E-state index contributed by atoms with van der Waals surface area (Å²) in [5.41, 5.74) is 0.881. The molecule has 0 amide bonds. The second-order valence-electron chi connectivity index (χ2n) is 4.95. The van der Waals surface area contributed by atoms with Gasteiger partial charge in [-0.1, -0.05) is 12.5 Å². The topological polar surface area (TPSA) is 50.7 Å². The van der Waals surface area contributed by atoms with Crippen LogP contribution in [-0.4, -0.2) is 30.9 Å². The molecule has 1 aromatic carbocycles.